The number of carbonyl (C=O) groups is 4. The Labute approximate surface area is 245 Å². The van der Waals surface area contributed by atoms with Gasteiger partial charge in [-0.3, -0.25) is 19.2 Å². The molecule has 0 radical (unpaired) electrons. The molecule has 0 saturated heterocycles. The van der Waals surface area contributed by atoms with Gasteiger partial charge in [-0.05, 0) is 86.0 Å². The van der Waals surface area contributed by atoms with E-state index in [-0.39, 0.29) is 46.1 Å². The zero-order valence-corrected chi connectivity index (χ0v) is 27.0. The van der Waals surface area contributed by atoms with Crippen LogP contribution in [-0.4, -0.2) is 37.9 Å². The van der Waals surface area contributed by atoms with Gasteiger partial charge in [0.05, 0.1) is 11.8 Å². The molecule has 3 saturated carbocycles. The fraction of sp³-hybridized carbons (Fsp3) is 0.758. The van der Waals surface area contributed by atoms with Crippen molar-refractivity contribution < 1.29 is 27.6 Å². The molecular formula is C33H47NO6S. The molecular weight excluding hydrogens is 538 g/mol. The topological polar surface area (TPSA) is 114 Å². The predicted molar refractivity (Wildman–Crippen MR) is 157 cm³/mol. The Morgan fingerprint density at radius 1 is 0.927 bits per heavy atom. The zero-order chi connectivity index (χ0) is 30.8. The average Bonchev–Trinajstić information content (AvgIpc) is 2.81. The third kappa shape index (κ3) is 4.05. The minimum atomic E-state index is -3.88. The summed E-state index contributed by atoms with van der Waals surface area (Å²) in [7, 11) is -3.88. The van der Waals surface area contributed by atoms with Gasteiger partial charge in [0.25, 0.3) is 5.91 Å². The van der Waals surface area contributed by atoms with Crippen LogP contribution in [0.3, 0.4) is 0 Å². The first-order valence-corrected chi connectivity index (χ1v) is 17.0. The summed E-state index contributed by atoms with van der Waals surface area (Å²) in [5.41, 5.74) is -2.14. The number of Topliss-reactive ketones (excluding diaryl/α,β-unsaturated/α-hetero) is 2. The van der Waals surface area contributed by atoms with E-state index in [1.165, 1.54) is 0 Å². The number of hydrogen-bond donors (Lipinski definition) is 1. The number of amides is 1. The van der Waals surface area contributed by atoms with Gasteiger partial charge in [0.15, 0.2) is 11.6 Å². The molecule has 0 spiro atoms. The van der Waals surface area contributed by atoms with Crippen LogP contribution in [0.5, 0.6) is 0 Å². The van der Waals surface area contributed by atoms with E-state index in [0.29, 0.717) is 0 Å². The van der Waals surface area contributed by atoms with E-state index in [0.717, 1.165) is 56.8 Å². The summed E-state index contributed by atoms with van der Waals surface area (Å²) in [6.45, 7) is 16.4. The van der Waals surface area contributed by atoms with Crippen molar-refractivity contribution in [1.29, 1.82) is 0 Å². The van der Waals surface area contributed by atoms with Crippen molar-refractivity contribution in [3.63, 3.8) is 0 Å². The molecule has 7 nitrogen and oxygen atoms in total. The third-order valence-electron chi connectivity index (χ3n) is 13.0. The van der Waals surface area contributed by atoms with Crippen LogP contribution in [0.15, 0.2) is 23.3 Å². The maximum absolute atomic E-state index is 14.5. The summed E-state index contributed by atoms with van der Waals surface area (Å²) in [5, 5.41) is 0. The Morgan fingerprint density at radius 2 is 1.54 bits per heavy atom. The smallest absolute Gasteiger partial charge is 0.268 e. The average molecular weight is 586 g/mol. The van der Waals surface area contributed by atoms with Crippen molar-refractivity contribution in [3.05, 3.63) is 23.3 Å². The van der Waals surface area contributed by atoms with E-state index >= 15 is 0 Å². The number of nitrogens with one attached hydrogen (secondary N) is 1. The van der Waals surface area contributed by atoms with Gasteiger partial charge < -0.3 is 0 Å². The maximum Gasteiger partial charge on any atom is 0.268 e. The van der Waals surface area contributed by atoms with Gasteiger partial charge in [0.2, 0.25) is 10.0 Å². The van der Waals surface area contributed by atoms with Gasteiger partial charge >= 0.3 is 0 Å². The highest BCUT2D eigenvalue weighted by molar-refractivity contribution is 7.89. The first-order chi connectivity index (χ1) is 18.6. The fourth-order valence-corrected chi connectivity index (χ4v) is 11.0. The molecule has 5 aliphatic carbocycles. The van der Waals surface area contributed by atoms with Crippen molar-refractivity contribution >= 4 is 33.3 Å². The second kappa shape index (κ2) is 8.73. The Balaban J connectivity index is 1.70. The Hall–Kier alpha value is -2.09. The molecule has 0 unspecified atom stereocenters. The van der Waals surface area contributed by atoms with Gasteiger partial charge in [0, 0.05) is 22.2 Å². The van der Waals surface area contributed by atoms with Crippen LogP contribution in [0.25, 0.3) is 0 Å². The molecule has 0 heterocycles. The van der Waals surface area contributed by atoms with Crippen molar-refractivity contribution in [2.75, 3.05) is 6.26 Å². The number of fused-ring (bicyclic) bond motifs is 7. The Bertz CT molecular complexity index is 1430. The second-order valence-corrected chi connectivity index (χ2v) is 17.8. The van der Waals surface area contributed by atoms with Crippen LogP contribution in [0.1, 0.15) is 100 Å². The zero-order valence-electron chi connectivity index (χ0n) is 26.2. The number of carbonyl (C=O) groups excluding carboxylic acids is 4. The molecule has 1 N–H and O–H groups in total. The molecule has 8 heteroatoms. The number of ketones is 3. The van der Waals surface area contributed by atoms with Crippen molar-refractivity contribution in [2.45, 2.75) is 100 Å². The van der Waals surface area contributed by atoms with Crippen LogP contribution in [0, 0.1) is 50.2 Å². The highest BCUT2D eigenvalue weighted by atomic mass is 32.2. The second-order valence-electron chi connectivity index (χ2n) is 16.1. The predicted octanol–water partition coefficient (Wildman–Crippen LogP) is 5.35. The lowest BCUT2D eigenvalue weighted by atomic mass is 9.34. The molecule has 3 fully saturated rings. The number of allylic oxidation sites excluding steroid dienone is 3. The van der Waals surface area contributed by atoms with Crippen LogP contribution >= 0.6 is 0 Å². The van der Waals surface area contributed by atoms with Gasteiger partial charge in [0.1, 0.15) is 5.78 Å². The number of hydrogen-bond acceptors (Lipinski definition) is 6. The standard InChI is InChI=1S/C33H47NO6S/c1-19(35)33-14-12-28(2,3)18-21(33)25-22(36)16-24-30(6)17-20(27(38)34-41(9,39)40)26(37)29(4,5)23(30)10-11-31(24,7)32(25,8)13-15-33/h16-17,21,23,25H,10-15,18H2,1-9H3,(H,34,38)/t21-,23-,25-,30-,31+,32+,33+/m0/s1. The van der Waals surface area contributed by atoms with Gasteiger partial charge in [-0.2, -0.15) is 0 Å². The first-order valence-electron chi connectivity index (χ1n) is 15.1. The third-order valence-corrected chi connectivity index (χ3v) is 13.5. The largest absolute Gasteiger partial charge is 0.299 e. The summed E-state index contributed by atoms with van der Waals surface area (Å²) in [4.78, 5) is 54.6. The van der Waals surface area contributed by atoms with E-state index < -0.39 is 43.0 Å². The van der Waals surface area contributed by atoms with Crippen LogP contribution in [0.2, 0.25) is 0 Å². The molecule has 5 rings (SSSR count). The van der Waals surface area contributed by atoms with Crippen molar-refractivity contribution in [2.24, 2.45) is 50.2 Å². The first kappa shape index (κ1) is 30.4. The van der Waals surface area contributed by atoms with Crippen LogP contribution in [0.4, 0.5) is 0 Å². The fourth-order valence-electron chi connectivity index (χ4n) is 10.6. The summed E-state index contributed by atoms with van der Waals surface area (Å²) in [5.74, 6) is -1.48. The lowest BCUT2D eigenvalue weighted by Crippen LogP contribution is -2.65. The molecule has 5 aliphatic rings. The molecule has 0 bridgehead atoms. The Morgan fingerprint density at radius 3 is 2.12 bits per heavy atom. The van der Waals surface area contributed by atoms with Gasteiger partial charge in [-0.25, -0.2) is 13.1 Å². The lowest BCUT2D eigenvalue weighted by molar-refractivity contribution is -0.176. The van der Waals surface area contributed by atoms with E-state index in [2.05, 4.69) is 27.7 Å². The molecule has 0 aromatic heterocycles. The highest BCUT2D eigenvalue weighted by Gasteiger charge is 2.70. The normalized spacial score (nSPS) is 42.9. The Kier molecular flexibility index (Phi) is 6.47. The summed E-state index contributed by atoms with van der Waals surface area (Å²) in [6, 6.07) is 0. The van der Waals surface area contributed by atoms with Gasteiger partial charge in [-0.1, -0.05) is 60.1 Å². The number of sulfonamides is 1. The molecule has 7 atom stereocenters. The minimum absolute atomic E-state index is 0.0221. The van der Waals surface area contributed by atoms with E-state index in [4.69, 9.17) is 0 Å². The highest BCUT2D eigenvalue weighted by Crippen LogP contribution is 2.74. The molecule has 0 aromatic rings. The minimum Gasteiger partial charge on any atom is -0.299 e. The van der Waals surface area contributed by atoms with Crippen LogP contribution in [-0.2, 0) is 29.2 Å². The summed E-state index contributed by atoms with van der Waals surface area (Å²) < 4.78 is 25.8. The summed E-state index contributed by atoms with van der Waals surface area (Å²) in [6.07, 6.45) is 10.1. The maximum atomic E-state index is 14.5. The molecule has 0 aromatic carbocycles. The number of rotatable bonds is 3. The lowest BCUT2D eigenvalue weighted by Gasteiger charge is -2.69. The quantitative estimate of drug-likeness (QED) is 0.447. The SMILES string of the molecule is CC(=O)[C@]12CCC(C)(C)C[C@H]1[C@H]1C(=O)C=C3[C@@]4(C)C=C(C(=O)NS(C)(=O)=O)C(=O)C(C)(C)[C@@H]4CC[C@@]3(C)[C@]1(C)CC2. The van der Waals surface area contributed by atoms with Crippen LogP contribution < -0.4 is 4.72 Å². The monoisotopic (exact) mass is 585 g/mol. The molecule has 41 heavy (non-hydrogen) atoms. The van der Waals surface area contributed by atoms with Crippen molar-refractivity contribution in [1.82, 2.24) is 4.72 Å². The molecule has 1 amide bonds. The van der Waals surface area contributed by atoms with E-state index in [1.54, 1.807) is 13.0 Å². The van der Waals surface area contributed by atoms with E-state index in [9.17, 15) is 27.6 Å². The summed E-state index contributed by atoms with van der Waals surface area (Å²) >= 11 is 0. The van der Waals surface area contributed by atoms with Gasteiger partial charge in [-0.15, -0.1) is 0 Å². The van der Waals surface area contributed by atoms with Crippen molar-refractivity contribution in [3.8, 4) is 0 Å². The molecule has 226 valence electrons. The molecule has 0 aliphatic heterocycles. The van der Waals surface area contributed by atoms with E-state index in [1.807, 2.05) is 31.6 Å².